The number of aliphatic hydroxyl groups is 2. The number of ketones is 3. The first-order valence-electron chi connectivity index (χ1n) is 35.2. The number of aliphatic hydroxyl groups excluding tert-OH is 1. The van der Waals surface area contributed by atoms with Crippen molar-refractivity contribution in [1.29, 1.82) is 0 Å². The molecule has 105 heavy (non-hydrogen) atoms. The second-order valence-corrected chi connectivity index (χ2v) is 28.8. The molecule has 1 amide bonds. The summed E-state index contributed by atoms with van der Waals surface area (Å²) < 4.78 is 37.3. The van der Waals surface area contributed by atoms with Gasteiger partial charge in [0.1, 0.15) is 41.5 Å². The van der Waals surface area contributed by atoms with Gasteiger partial charge in [-0.3, -0.25) is 33.6 Å². The normalized spacial score (nSPS) is 24.5. The predicted molar refractivity (Wildman–Crippen MR) is 386 cm³/mol. The van der Waals surface area contributed by atoms with Gasteiger partial charge in [-0.1, -0.05) is 118 Å². The number of thiocarbonyl (C=S) groups is 1. The quantitative estimate of drug-likeness (QED) is 0.00889. The highest BCUT2D eigenvalue weighted by molar-refractivity contribution is 7.80. The summed E-state index contributed by atoms with van der Waals surface area (Å²) in [5, 5.41) is 56.6. The lowest BCUT2D eigenvalue weighted by atomic mass is 9.44. The maximum absolute atomic E-state index is 15.9. The summed E-state index contributed by atoms with van der Waals surface area (Å²) in [4.78, 5) is 140. The maximum atomic E-state index is 15.9. The molecule has 2 saturated carbocycles. The van der Waals surface area contributed by atoms with Gasteiger partial charge in [-0.15, -0.1) is 0 Å². The molecule has 1 heterocycles. The highest BCUT2D eigenvalue weighted by atomic mass is 32.1. The van der Waals surface area contributed by atoms with Crippen LogP contribution in [0.5, 0.6) is 5.75 Å². The van der Waals surface area contributed by atoms with Crippen molar-refractivity contribution in [2.24, 2.45) is 16.7 Å². The molecule has 0 aromatic heterocycles. The number of hydrogen-bond acceptors (Lipinski definition) is 20. The minimum atomic E-state index is -2.52. The van der Waals surface area contributed by atoms with E-state index in [-0.39, 0.29) is 89.0 Å². The minimum absolute atomic E-state index is 0.00852. The number of benzene rings is 5. The van der Waals surface area contributed by atoms with Crippen LogP contribution < -0.4 is 16.0 Å². The number of carbonyl (C=O) groups is 10. The summed E-state index contributed by atoms with van der Waals surface area (Å²) >= 11 is 5.58. The fourth-order valence-corrected chi connectivity index (χ4v) is 16.2. The standard InChI is InChI=1S/C81H85N3O20S/c1-45-61(43-81(98)72(103-75(96)50-26-17-12-18-27-50)70-79(6,62(90)42-63-80(70,44-99-63)104-47(3)86)71(92)68(100-46(2)85)66(45)78(81,4)5)101-76(97)69(67(48-22-13-10-14-23-48)84-73(93)49-24-15-11-16-25-49)102-64(91)30-21-29-54(87)28-19-8-7-9-20-37-82-77(105)83-53-31-34-59(60(41-53)74(94)95)65-57-35-32-55(88)39-51(57)38-52-40-56(89)33-36-58(52)65/h10-18,22-27,31-36,39-41,61-63,67-70,72,88,90,98H,7-9,19-21,28-30,37-38,42-44H2,1-6H3,(H,84,93)(H,94,95)(H2,82,83,105)/t61-,62-,63?,67?,68?,69+,70?,72-,79+,80?,81+/m0/s1. The van der Waals surface area contributed by atoms with Crippen molar-refractivity contribution >= 4 is 87.7 Å². The average molecular weight is 1450 g/mol. The third kappa shape index (κ3) is 15.6. The van der Waals surface area contributed by atoms with Gasteiger partial charge in [-0.05, 0) is 163 Å². The van der Waals surface area contributed by atoms with Gasteiger partial charge in [0.15, 0.2) is 28.4 Å². The topological polar surface area (TPSA) is 343 Å². The van der Waals surface area contributed by atoms with Crippen LogP contribution >= 0.6 is 12.2 Å². The zero-order valence-corrected chi connectivity index (χ0v) is 59.9. The Morgan fingerprint density at radius 1 is 0.743 bits per heavy atom. The Morgan fingerprint density at radius 2 is 1.40 bits per heavy atom. The number of carboxylic acids is 1. The second kappa shape index (κ2) is 31.6. The molecule has 0 radical (unpaired) electrons. The number of carbonyl (C=O) groups excluding carboxylic acids is 9. The number of fused-ring (bicyclic) bond motifs is 7. The first-order chi connectivity index (χ1) is 50.1. The molecule has 5 aliphatic carbocycles. The number of allylic oxidation sites excluding steroid dienone is 5. The van der Waals surface area contributed by atoms with Gasteiger partial charge in [0.2, 0.25) is 6.10 Å². The molecule has 6 aliphatic rings. The van der Waals surface area contributed by atoms with Gasteiger partial charge in [0.25, 0.3) is 5.91 Å². The lowest BCUT2D eigenvalue weighted by Gasteiger charge is -2.67. The van der Waals surface area contributed by atoms with Crippen LogP contribution in [0.4, 0.5) is 5.69 Å². The van der Waals surface area contributed by atoms with Crippen LogP contribution in [0.25, 0.3) is 5.57 Å². The van der Waals surface area contributed by atoms with Crippen LogP contribution in [0, 0.1) is 16.7 Å². The third-order valence-corrected chi connectivity index (χ3v) is 21.6. The van der Waals surface area contributed by atoms with Crippen LogP contribution in [-0.4, -0.2) is 146 Å². The van der Waals surface area contributed by atoms with E-state index in [0.29, 0.717) is 41.8 Å². The molecule has 5 aromatic carbocycles. The lowest BCUT2D eigenvalue weighted by Crippen LogP contribution is -2.82. The number of ether oxygens (including phenoxy) is 6. The summed E-state index contributed by atoms with van der Waals surface area (Å²) in [6, 6.07) is 32.3. The predicted octanol–water partition coefficient (Wildman–Crippen LogP) is 10.2. The maximum Gasteiger partial charge on any atom is 0.350 e. The van der Waals surface area contributed by atoms with Crippen LogP contribution in [-0.2, 0) is 68.4 Å². The largest absolute Gasteiger partial charge is 0.508 e. The van der Waals surface area contributed by atoms with Gasteiger partial charge in [0.05, 0.1) is 35.2 Å². The molecule has 5 unspecified atom stereocenters. The van der Waals surface area contributed by atoms with Gasteiger partial charge in [0, 0.05) is 69.2 Å². The number of unbranched alkanes of at least 4 members (excludes halogenated alkanes) is 4. The third-order valence-electron chi connectivity index (χ3n) is 21.3. The molecule has 0 spiro atoms. The fourth-order valence-electron chi connectivity index (χ4n) is 16.0. The summed E-state index contributed by atoms with van der Waals surface area (Å²) in [6.07, 6.45) is -2.58. The lowest BCUT2D eigenvalue weighted by molar-refractivity contribution is -0.346. The van der Waals surface area contributed by atoms with Crippen molar-refractivity contribution in [3.63, 3.8) is 0 Å². The Labute approximate surface area is 612 Å². The van der Waals surface area contributed by atoms with Crippen LogP contribution in [0.2, 0.25) is 0 Å². The molecule has 11 rings (SSSR count). The van der Waals surface area contributed by atoms with Crippen molar-refractivity contribution < 1.29 is 96.8 Å². The van der Waals surface area contributed by atoms with E-state index in [0.717, 1.165) is 61.8 Å². The van der Waals surface area contributed by atoms with Crippen molar-refractivity contribution in [2.45, 2.75) is 172 Å². The Kier molecular flexibility index (Phi) is 22.8. The molecule has 11 atom stereocenters. The summed E-state index contributed by atoms with van der Waals surface area (Å²) in [6.45, 7) is 8.28. The van der Waals surface area contributed by atoms with Crippen molar-refractivity contribution in [3.05, 3.63) is 207 Å². The van der Waals surface area contributed by atoms with Crippen molar-refractivity contribution in [2.75, 3.05) is 18.5 Å². The van der Waals surface area contributed by atoms with Gasteiger partial charge in [-0.25, -0.2) is 14.4 Å². The second-order valence-electron chi connectivity index (χ2n) is 28.4. The van der Waals surface area contributed by atoms with E-state index >= 15 is 9.59 Å². The van der Waals surface area contributed by atoms with Crippen LogP contribution in [0.1, 0.15) is 172 Å². The smallest absolute Gasteiger partial charge is 0.350 e. The van der Waals surface area contributed by atoms with E-state index in [1.165, 1.54) is 70.2 Å². The van der Waals surface area contributed by atoms with E-state index in [1.807, 2.05) is 0 Å². The highest BCUT2D eigenvalue weighted by Crippen LogP contribution is 2.65. The molecule has 5 aromatic rings. The van der Waals surface area contributed by atoms with Crippen LogP contribution in [0.3, 0.4) is 0 Å². The number of nitrogens with one attached hydrogen (secondary N) is 3. The summed E-state index contributed by atoms with van der Waals surface area (Å²) in [7, 11) is 0. The molecule has 550 valence electrons. The summed E-state index contributed by atoms with van der Waals surface area (Å²) in [5.74, 6) is -9.60. The molecule has 23 nitrogen and oxygen atoms in total. The van der Waals surface area contributed by atoms with E-state index in [4.69, 9.17) is 40.6 Å². The monoisotopic (exact) mass is 1450 g/mol. The average Bonchev–Trinajstić information content (AvgIpc) is 0.668. The number of aromatic carboxylic acids is 1. The zero-order chi connectivity index (χ0) is 75.3. The number of hydrogen-bond donors (Lipinski definition) is 7. The van der Waals surface area contributed by atoms with Crippen molar-refractivity contribution in [1.82, 2.24) is 10.6 Å². The van der Waals surface area contributed by atoms with E-state index < -0.39 is 125 Å². The molecule has 1 aliphatic heterocycles. The molecular formula is C81H85N3O20S. The molecular weight excluding hydrogens is 1370 g/mol. The Morgan fingerprint density at radius 3 is 2.07 bits per heavy atom. The number of anilines is 1. The first-order valence-corrected chi connectivity index (χ1v) is 35.6. The molecule has 3 fully saturated rings. The molecule has 7 N–H and O–H groups in total. The van der Waals surface area contributed by atoms with E-state index in [2.05, 4.69) is 16.0 Å². The number of carboxylic acid groups (broad SMARTS) is 1. The van der Waals surface area contributed by atoms with Gasteiger partial charge in [-0.2, -0.15) is 0 Å². The number of amides is 1. The summed E-state index contributed by atoms with van der Waals surface area (Å²) in [5.41, 5.74) is -3.32. The fraction of sp³-hybridized carbons (Fsp3) is 0.395. The Balaban J connectivity index is 0.761. The number of Topliss-reactive ketones (excluding diaryl/α,β-unsaturated/α-hetero) is 2. The first kappa shape index (κ1) is 75.9. The number of rotatable bonds is 26. The molecule has 1 saturated heterocycles. The van der Waals surface area contributed by atoms with Crippen LogP contribution in [0.15, 0.2) is 168 Å². The number of phenolic OH excluding ortho intramolecular Hbond substituents is 1. The minimum Gasteiger partial charge on any atom is -0.508 e. The van der Waals surface area contributed by atoms with E-state index in [9.17, 15) is 58.8 Å². The SMILES string of the molecule is CC(=O)OC1C(=O)[C@@]2(C)C([C@H](OC(=O)c3ccccc3)[C@]3(O)C[C@H](OC(=O)[C@H](OC(=O)CCCC(=O)CCCCCCCNC(=S)Nc4ccc(C5=C6C=CC(=O)C=C6Cc6cc(O)ccc65)c(C(=O)O)c4)C(NC(=O)c4ccccc4)c4ccccc4)C(C)=C1C3(C)C)C1(OC(C)=O)COC1C[C@@H]2O. The van der Waals surface area contributed by atoms with E-state index in [1.54, 1.807) is 103 Å². The number of esters is 5. The highest BCUT2D eigenvalue weighted by Gasteiger charge is 2.78. The van der Waals surface area contributed by atoms with Gasteiger partial charge < -0.3 is 64.8 Å². The zero-order valence-electron chi connectivity index (χ0n) is 59.1. The molecule has 24 heteroatoms. The number of phenols is 1. The Bertz CT molecular complexity index is 4410. The Hall–Kier alpha value is -10.3. The molecule has 2 bridgehead atoms. The van der Waals surface area contributed by atoms with Crippen molar-refractivity contribution in [3.8, 4) is 5.75 Å². The number of aromatic hydroxyl groups is 1. The van der Waals surface area contributed by atoms with Gasteiger partial charge >= 0.3 is 35.8 Å².